The van der Waals surface area contributed by atoms with Crippen LogP contribution in [0.4, 0.5) is 0 Å². The third-order valence-electron chi connectivity index (χ3n) is 5.86. The molecule has 1 fully saturated rings. The SMILES string of the molecule is CC(=O)O.CCCc1nn(C)c2c(=O)[nH]c(-c3cc(S(=O)(=O)N4CCN(C)CC4)ccc3OCC)nc12. The maximum absolute atomic E-state index is 13.3. The van der Waals surface area contributed by atoms with Crippen LogP contribution in [0.15, 0.2) is 27.9 Å². The Hall–Kier alpha value is -3.29. The summed E-state index contributed by atoms with van der Waals surface area (Å²) < 4.78 is 35.4. The molecule has 12 nitrogen and oxygen atoms in total. The Morgan fingerprint density at radius 3 is 2.41 bits per heavy atom. The molecule has 3 heterocycles. The van der Waals surface area contributed by atoms with E-state index in [1.54, 1.807) is 25.2 Å². The minimum Gasteiger partial charge on any atom is -0.493 e. The first-order valence-electron chi connectivity index (χ1n) is 12.1. The smallest absolute Gasteiger partial charge is 0.300 e. The molecule has 37 heavy (non-hydrogen) atoms. The maximum atomic E-state index is 13.3. The summed E-state index contributed by atoms with van der Waals surface area (Å²) in [4.78, 5) is 31.7. The minimum atomic E-state index is -3.70. The van der Waals surface area contributed by atoms with Gasteiger partial charge in [-0.05, 0) is 38.6 Å². The molecular weight excluding hydrogens is 500 g/mol. The molecule has 0 amide bonds. The first-order chi connectivity index (χ1) is 17.5. The molecule has 0 unspecified atom stereocenters. The molecule has 2 aromatic heterocycles. The van der Waals surface area contributed by atoms with Crippen LogP contribution < -0.4 is 10.3 Å². The molecule has 0 spiro atoms. The number of hydrogen-bond donors (Lipinski definition) is 2. The van der Waals surface area contributed by atoms with E-state index in [1.807, 2.05) is 20.9 Å². The molecule has 1 aliphatic rings. The molecule has 0 atom stereocenters. The Balaban J connectivity index is 0.000000886. The summed E-state index contributed by atoms with van der Waals surface area (Å²) >= 11 is 0. The van der Waals surface area contributed by atoms with Crippen LogP contribution in [0.5, 0.6) is 5.75 Å². The number of aromatic nitrogens is 4. The lowest BCUT2D eigenvalue weighted by molar-refractivity contribution is -0.134. The fourth-order valence-electron chi connectivity index (χ4n) is 4.09. The molecule has 13 heteroatoms. The van der Waals surface area contributed by atoms with Crippen molar-refractivity contribution in [2.24, 2.45) is 7.05 Å². The molecule has 4 rings (SSSR count). The number of nitrogens with one attached hydrogen (secondary N) is 1. The lowest BCUT2D eigenvalue weighted by Crippen LogP contribution is -2.47. The molecule has 0 saturated carbocycles. The Morgan fingerprint density at radius 1 is 1.16 bits per heavy atom. The van der Waals surface area contributed by atoms with Crippen molar-refractivity contribution < 1.29 is 23.1 Å². The van der Waals surface area contributed by atoms with Crippen LogP contribution in [0.1, 0.15) is 32.9 Å². The van der Waals surface area contributed by atoms with Crippen molar-refractivity contribution in [1.29, 1.82) is 0 Å². The van der Waals surface area contributed by atoms with E-state index in [0.717, 1.165) is 19.0 Å². The molecule has 0 aliphatic carbocycles. The highest BCUT2D eigenvalue weighted by molar-refractivity contribution is 7.89. The highest BCUT2D eigenvalue weighted by Gasteiger charge is 2.29. The molecule has 0 bridgehead atoms. The Labute approximate surface area is 215 Å². The number of aromatic amines is 1. The van der Waals surface area contributed by atoms with Gasteiger partial charge in [-0.1, -0.05) is 13.3 Å². The number of hydrogen-bond acceptors (Lipinski definition) is 8. The van der Waals surface area contributed by atoms with Gasteiger partial charge in [-0.15, -0.1) is 0 Å². The van der Waals surface area contributed by atoms with E-state index in [9.17, 15) is 13.2 Å². The van der Waals surface area contributed by atoms with Gasteiger partial charge in [0.25, 0.3) is 11.5 Å². The summed E-state index contributed by atoms with van der Waals surface area (Å²) in [7, 11) is -0.00831. The van der Waals surface area contributed by atoms with Crippen LogP contribution in [0, 0.1) is 0 Å². The zero-order valence-electron chi connectivity index (χ0n) is 21.8. The highest BCUT2D eigenvalue weighted by atomic mass is 32.2. The second-order valence-corrected chi connectivity index (χ2v) is 10.7. The third-order valence-corrected chi connectivity index (χ3v) is 7.75. The van der Waals surface area contributed by atoms with Gasteiger partial charge in [0.1, 0.15) is 17.1 Å². The number of H-pyrrole nitrogens is 1. The first-order valence-corrected chi connectivity index (χ1v) is 13.5. The van der Waals surface area contributed by atoms with Crippen LogP contribution >= 0.6 is 0 Å². The fraction of sp³-hybridized carbons (Fsp3) is 0.500. The third kappa shape index (κ3) is 6.35. The Morgan fingerprint density at radius 2 is 1.81 bits per heavy atom. The van der Waals surface area contributed by atoms with E-state index in [-0.39, 0.29) is 16.3 Å². The Kier molecular flexibility index (Phi) is 9.05. The van der Waals surface area contributed by atoms with Crippen LogP contribution in [-0.2, 0) is 28.3 Å². The van der Waals surface area contributed by atoms with Crippen LogP contribution in [0.2, 0.25) is 0 Å². The van der Waals surface area contributed by atoms with Crippen molar-refractivity contribution >= 4 is 27.0 Å². The highest BCUT2D eigenvalue weighted by Crippen LogP contribution is 2.32. The summed E-state index contributed by atoms with van der Waals surface area (Å²) in [5.41, 5.74) is 1.75. The van der Waals surface area contributed by atoms with E-state index < -0.39 is 16.0 Å². The molecular formula is C24H34N6O6S. The first kappa shape index (κ1) is 28.3. The van der Waals surface area contributed by atoms with Gasteiger partial charge in [-0.25, -0.2) is 13.4 Å². The predicted octanol–water partition coefficient (Wildman–Crippen LogP) is 1.70. The van der Waals surface area contributed by atoms with Crippen molar-refractivity contribution in [3.63, 3.8) is 0 Å². The van der Waals surface area contributed by atoms with Gasteiger partial charge >= 0.3 is 0 Å². The van der Waals surface area contributed by atoms with E-state index >= 15 is 0 Å². The van der Waals surface area contributed by atoms with Crippen molar-refractivity contribution in [1.82, 2.24) is 29.0 Å². The van der Waals surface area contributed by atoms with Crippen LogP contribution in [0.25, 0.3) is 22.4 Å². The molecule has 0 radical (unpaired) electrons. The second kappa shape index (κ2) is 11.8. The van der Waals surface area contributed by atoms with Crippen molar-refractivity contribution in [2.75, 3.05) is 39.8 Å². The normalized spacial score (nSPS) is 14.8. The van der Waals surface area contributed by atoms with Crippen molar-refractivity contribution in [3.05, 3.63) is 34.2 Å². The standard InChI is InChI=1S/C22H30N6O4S.C2H4O2/c1-5-7-17-19-20(27(4)25-17)22(29)24-21(23-19)16-14-15(8-9-18(16)32-6-2)33(30,31)28-12-10-26(3)11-13-28;1-2(3)4/h8-9,14H,5-7,10-13H2,1-4H3,(H,23,24,29);1H3,(H,3,4). The summed E-state index contributed by atoms with van der Waals surface area (Å²) in [5.74, 6) is -0.116. The zero-order chi connectivity index (χ0) is 27.3. The average Bonchev–Trinajstić information content (AvgIpc) is 3.15. The molecule has 1 saturated heterocycles. The number of rotatable bonds is 7. The number of ether oxygens (including phenoxy) is 1. The van der Waals surface area contributed by atoms with E-state index in [1.165, 1.54) is 8.99 Å². The van der Waals surface area contributed by atoms with E-state index in [2.05, 4.69) is 15.0 Å². The minimum absolute atomic E-state index is 0.147. The quantitative estimate of drug-likeness (QED) is 0.461. The molecule has 1 aliphatic heterocycles. The van der Waals surface area contributed by atoms with E-state index in [4.69, 9.17) is 19.6 Å². The molecule has 3 aromatic rings. The van der Waals surface area contributed by atoms with Crippen LogP contribution in [0.3, 0.4) is 0 Å². The van der Waals surface area contributed by atoms with Gasteiger partial charge < -0.3 is 19.7 Å². The Bertz CT molecular complexity index is 1420. The number of benzene rings is 1. The van der Waals surface area contributed by atoms with Gasteiger partial charge in [0.2, 0.25) is 10.0 Å². The van der Waals surface area contributed by atoms with Gasteiger partial charge in [-0.3, -0.25) is 14.3 Å². The van der Waals surface area contributed by atoms with Crippen LogP contribution in [-0.4, -0.2) is 88.3 Å². The molecule has 2 N–H and O–H groups in total. The summed E-state index contributed by atoms with van der Waals surface area (Å²) in [6.07, 6.45) is 1.54. The zero-order valence-corrected chi connectivity index (χ0v) is 22.6. The summed E-state index contributed by atoms with van der Waals surface area (Å²) in [6.45, 7) is 7.56. The number of carboxylic acid groups (broad SMARTS) is 1. The number of likely N-dealkylation sites (N-methyl/N-ethyl adjacent to an activating group) is 1. The number of nitrogens with zero attached hydrogens (tertiary/aromatic N) is 5. The number of carbonyl (C=O) groups is 1. The second-order valence-electron chi connectivity index (χ2n) is 8.75. The number of aryl methyl sites for hydroxylation is 2. The average molecular weight is 535 g/mol. The predicted molar refractivity (Wildman–Crippen MR) is 139 cm³/mol. The number of aliphatic carboxylic acids is 1. The van der Waals surface area contributed by atoms with Gasteiger partial charge in [0.15, 0.2) is 5.52 Å². The summed E-state index contributed by atoms with van der Waals surface area (Å²) in [6, 6.07) is 4.71. The largest absolute Gasteiger partial charge is 0.493 e. The lowest BCUT2D eigenvalue weighted by atomic mass is 10.1. The molecule has 202 valence electrons. The number of piperazine rings is 1. The van der Waals surface area contributed by atoms with Gasteiger partial charge in [0.05, 0.1) is 22.8 Å². The van der Waals surface area contributed by atoms with Crippen molar-refractivity contribution in [3.8, 4) is 17.1 Å². The number of sulfonamides is 1. The topological polar surface area (TPSA) is 151 Å². The number of carboxylic acids is 1. The fourth-order valence-corrected chi connectivity index (χ4v) is 5.54. The van der Waals surface area contributed by atoms with Crippen molar-refractivity contribution in [2.45, 2.75) is 38.5 Å². The monoisotopic (exact) mass is 534 g/mol. The molecule has 1 aromatic carbocycles. The van der Waals surface area contributed by atoms with Gasteiger partial charge in [-0.2, -0.15) is 9.40 Å². The number of fused-ring (bicyclic) bond motifs is 1. The van der Waals surface area contributed by atoms with E-state index in [0.29, 0.717) is 61.6 Å². The maximum Gasteiger partial charge on any atom is 0.300 e. The lowest BCUT2D eigenvalue weighted by Gasteiger charge is -2.31. The van der Waals surface area contributed by atoms with Gasteiger partial charge in [0, 0.05) is 40.2 Å². The summed E-state index contributed by atoms with van der Waals surface area (Å²) in [5, 5.41) is 11.9.